The Morgan fingerprint density at radius 2 is 2.26 bits per heavy atom. The van der Waals surface area contributed by atoms with Crippen LogP contribution in [-0.2, 0) is 14.4 Å². The number of nitrogens with zero attached hydrogens (tertiary/aromatic N) is 3. The summed E-state index contributed by atoms with van der Waals surface area (Å²) >= 11 is 9.82. The number of carbonyl (C=O) groups excluding carboxylic acids is 2. The molecule has 1 aromatic heterocycles. The number of nitrogens with two attached hydrogens (primary N) is 1. The summed E-state index contributed by atoms with van der Waals surface area (Å²) in [4.78, 5) is 42.5. The number of hydrogen-bond acceptors (Lipinski definition) is 11. The molecule has 2 saturated heterocycles. The molecule has 2 amide bonds. The van der Waals surface area contributed by atoms with E-state index in [0.29, 0.717) is 17.4 Å². The van der Waals surface area contributed by atoms with E-state index in [4.69, 9.17) is 17.3 Å². The Morgan fingerprint density at radius 3 is 2.88 bits per heavy atom. The summed E-state index contributed by atoms with van der Waals surface area (Å²) < 4.78 is 0.0585. The van der Waals surface area contributed by atoms with E-state index in [1.807, 2.05) is 5.41 Å². The Hall–Kier alpha value is -2.26. The van der Waals surface area contributed by atoms with Gasteiger partial charge in [-0.25, -0.2) is 9.78 Å². The lowest BCUT2D eigenvalue weighted by atomic mass is 10.0. The van der Waals surface area contributed by atoms with Crippen LogP contribution in [0.2, 0.25) is 4.34 Å². The van der Waals surface area contributed by atoms with Gasteiger partial charge in [0, 0.05) is 17.5 Å². The summed E-state index contributed by atoms with van der Waals surface area (Å²) in [7, 11) is 0. The molecule has 0 unspecified atom stereocenters. The quantitative estimate of drug-likeness (QED) is 0.139. The fraction of sp³-hybridized carbons (Fsp3) is 0.421. The van der Waals surface area contributed by atoms with E-state index >= 15 is 0 Å². The molecule has 3 atom stereocenters. The third-order valence-electron chi connectivity index (χ3n) is 5.45. The van der Waals surface area contributed by atoms with E-state index in [0.717, 1.165) is 36.5 Å². The van der Waals surface area contributed by atoms with Gasteiger partial charge in [0.2, 0.25) is 0 Å². The summed E-state index contributed by atoms with van der Waals surface area (Å²) in [6, 6.07) is -0.538. The Morgan fingerprint density at radius 1 is 1.47 bits per heavy atom. The van der Waals surface area contributed by atoms with Crippen molar-refractivity contribution >= 4 is 75.1 Å². The number of aliphatic carboxylic acids is 1. The molecule has 3 aliphatic rings. The molecule has 15 heteroatoms. The maximum absolute atomic E-state index is 12.8. The summed E-state index contributed by atoms with van der Waals surface area (Å²) in [6.07, 6.45) is 4.02. The lowest BCUT2D eigenvalue weighted by Crippen LogP contribution is -2.71. The van der Waals surface area contributed by atoms with E-state index < -0.39 is 34.9 Å². The van der Waals surface area contributed by atoms with Crippen molar-refractivity contribution in [1.29, 1.82) is 0 Å². The van der Waals surface area contributed by atoms with Crippen molar-refractivity contribution in [1.82, 2.24) is 20.5 Å². The first-order chi connectivity index (χ1) is 16.3. The topological polar surface area (TPSA) is 170 Å². The molecule has 4 rings (SSSR count). The molecule has 1 aromatic rings. The fourth-order valence-corrected chi connectivity index (χ4v) is 6.98. The number of halogens is 1. The van der Waals surface area contributed by atoms with Crippen molar-refractivity contribution in [2.24, 2.45) is 5.16 Å². The normalized spacial score (nSPS) is 25.0. The predicted molar refractivity (Wildman–Crippen MR) is 132 cm³/mol. The number of oxime groups is 1. The molecule has 2 fully saturated rings. The van der Waals surface area contributed by atoms with Gasteiger partial charge in [-0.05, 0) is 36.4 Å². The minimum absolute atomic E-state index is 0.0585. The standard InChI is InChI=1S/C19H21ClN6O5S3/c20-14-10(24-19(21)34-14)11(25-31)15(27)23-12-16(28)26-13(18(29)30)8(6-33-17(12)26)3-5-32-7-9-2-1-4-22-9/h3,5,9,12,17,22,31H,1-2,4,6-7H2,(H2,21,24)(H,23,27)(H,29,30)/b5-3?,25-11-/t9-,12+,17+/m0/s1. The van der Waals surface area contributed by atoms with Gasteiger partial charge in [0.15, 0.2) is 10.8 Å². The Balaban J connectivity index is 1.44. The smallest absolute Gasteiger partial charge is 0.352 e. The highest BCUT2D eigenvalue weighted by Gasteiger charge is 2.54. The van der Waals surface area contributed by atoms with Crippen LogP contribution in [0.25, 0.3) is 0 Å². The van der Waals surface area contributed by atoms with Crippen LogP contribution < -0.4 is 16.4 Å². The van der Waals surface area contributed by atoms with Gasteiger partial charge in [0.1, 0.15) is 27.1 Å². The Kier molecular flexibility index (Phi) is 7.72. The summed E-state index contributed by atoms with van der Waals surface area (Å²) in [5.41, 5.74) is 5.41. The van der Waals surface area contributed by atoms with Crippen LogP contribution >= 0.6 is 46.5 Å². The van der Waals surface area contributed by atoms with E-state index in [9.17, 15) is 24.7 Å². The molecule has 0 spiro atoms. The molecule has 6 N–H and O–H groups in total. The highest BCUT2D eigenvalue weighted by molar-refractivity contribution is 8.02. The van der Waals surface area contributed by atoms with Crippen molar-refractivity contribution in [3.63, 3.8) is 0 Å². The SMILES string of the molecule is Nc1nc(/C(=N/O)C(=O)N[C@@H]2C(=O)N3C(C(=O)O)=C(C=CSC[C@@H]4CCCN4)CS[C@H]23)c(Cl)s1. The largest absolute Gasteiger partial charge is 0.477 e. The first-order valence-electron chi connectivity index (χ1n) is 10.2. The van der Waals surface area contributed by atoms with Gasteiger partial charge in [-0.2, -0.15) is 0 Å². The highest BCUT2D eigenvalue weighted by atomic mass is 35.5. The van der Waals surface area contributed by atoms with Gasteiger partial charge in [-0.15, -0.1) is 23.5 Å². The monoisotopic (exact) mass is 544 g/mol. The Bertz CT molecular complexity index is 1100. The average Bonchev–Trinajstić information content (AvgIpc) is 3.44. The molecule has 0 saturated carbocycles. The Labute approximate surface area is 211 Å². The third-order valence-corrected chi connectivity index (χ3v) is 8.76. The minimum atomic E-state index is -1.21. The van der Waals surface area contributed by atoms with Crippen molar-refractivity contribution in [2.75, 3.05) is 23.8 Å². The van der Waals surface area contributed by atoms with Gasteiger partial charge in [-0.3, -0.25) is 14.5 Å². The lowest BCUT2D eigenvalue weighted by Gasteiger charge is -2.49. The van der Waals surface area contributed by atoms with Gasteiger partial charge in [0.25, 0.3) is 11.8 Å². The van der Waals surface area contributed by atoms with Gasteiger partial charge >= 0.3 is 5.97 Å². The van der Waals surface area contributed by atoms with Crippen molar-refractivity contribution in [3.05, 3.63) is 32.8 Å². The molecule has 0 aromatic carbocycles. The second-order valence-electron chi connectivity index (χ2n) is 7.59. The van der Waals surface area contributed by atoms with Gasteiger partial charge in [0.05, 0.1) is 0 Å². The van der Waals surface area contributed by atoms with Gasteiger partial charge < -0.3 is 26.7 Å². The van der Waals surface area contributed by atoms with E-state index in [-0.39, 0.29) is 20.9 Å². The number of carboxylic acids is 1. The number of nitrogens with one attached hydrogen (secondary N) is 2. The first-order valence-corrected chi connectivity index (χ1v) is 13.5. The molecule has 11 nitrogen and oxygen atoms in total. The second-order valence-corrected chi connectivity index (χ2v) is 11.3. The minimum Gasteiger partial charge on any atom is -0.477 e. The number of thiazole rings is 1. The number of β-lactam (4-membered cyclic amide) rings is 1. The molecule has 0 aliphatic carbocycles. The highest BCUT2D eigenvalue weighted by Crippen LogP contribution is 2.41. The van der Waals surface area contributed by atoms with E-state index in [1.165, 1.54) is 16.7 Å². The zero-order valence-electron chi connectivity index (χ0n) is 17.6. The number of hydrogen-bond donors (Lipinski definition) is 5. The molecular formula is C19H21ClN6O5S3. The number of carbonyl (C=O) groups is 3. The fourth-order valence-electron chi connectivity index (χ4n) is 3.85. The van der Waals surface area contributed by atoms with Gasteiger partial charge in [-0.1, -0.05) is 28.1 Å². The van der Waals surface area contributed by atoms with Crippen LogP contribution in [0.4, 0.5) is 5.13 Å². The maximum atomic E-state index is 12.8. The number of anilines is 1. The van der Waals surface area contributed by atoms with Crippen LogP contribution in [0, 0.1) is 0 Å². The lowest BCUT2D eigenvalue weighted by molar-refractivity contribution is -0.150. The number of nitrogen functional groups attached to an aromatic ring is 1. The number of fused-ring (bicyclic) bond motifs is 1. The number of carboxylic acid groups (broad SMARTS) is 1. The number of rotatable bonds is 8. The van der Waals surface area contributed by atoms with Crippen LogP contribution in [0.3, 0.4) is 0 Å². The van der Waals surface area contributed by atoms with Crippen molar-refractivity contribution in [3.8, 4) is 0 Å². The summed E-state index contributed by atoms with van der Waals surface area (Å²) in [5.74, 6) is -1.42. The molecule has 4 heterocycles. The zero-order chi connectivity index (χ0) is 24.4. The average molecular weight is 545 g/mol. The van der Waals surface area contributed by atoms with Crippen LogP contribution in [0.1, 0.15) is 18.5 Å². The van der Waals surface area contributed by atoms with Crippen LogP contribution in [0.5, 0.6) is 0 Å². The number of aromatic nitrogens is 1. The molecule has 34 heavy (non-hydrogen) atoms. The summed E-state index contributed by atoms with van der Waals surface area (Å²) in [5, 5.41) is 29.2. The first kappa shape index (κ1) is 24.9. The number of thioether (sulfide) groups is 2. The van der Waals surface area contributed by atoms with Crippen molar-refractivity contribution in [2.45, 2.75) is 30.3 Å². The molecule has 3 aliphatic heterocycles. The zero-order valence-corrected chi connectivity index (χ0v) is 20.8. The van der Waals surface area contributed by atoms with Crippen LogP contribution in [-0.4, -0.2) is 79.2 Å². The third kappa shape index (κ3) is 4.91. The second kappa shape index (κ2) is 10.6. The maximum Gasteiger partial charge on any atom is 0.352 e. The molecule has 0 bridgehead atoms. The van der Waals surface area contributed by atoms with E-state index in [1.54, 1.807) is 17.8 Å². The predicted octanol–water partition coefficient (Wildman–Crippen LogP) is 1.29. The number of amides is 2. The summed E-state index contributed by atoms with van der Waals surface area (Å²) in [6.45, 7) is 1.02. The van der Waals surface area contributed by atoms with E-state index in [2.05, 4.69) is 20.8 Å². The van der Waals surface area contributed by atoms with Crippen molar-refractivity contribution < 1.29 is 24.7 Å². The molecule has 0 radical (unpaired) electrons. The number of allylic oxidation sites excluding steroid dienone is 1. The molecular weight excluding hydrogens is 524 g/mol. The molecule has 182 valence electrons. The van der Waals surface area contributed by atoms with Crippen LogP contribution in [0.15, 0.2) is 27.9 Å².